The second-order valence-corrected chi connectivity index (χ2v) is 6.28. The molecule has 0 bridgehead atoms. The number of aromatic amines is 1. The second kappa shape index (κ2) is 5.42. The summed E-state index contributed by atoms with van der Waals surface area (Å²) in [4.78, 5) is 28.0. The summed E-state index contributed by atoms with van der Waals surface area (Å²) in [6.45, 7) is 0. The standard InChI is InChI=1S/C15H13N5OS/c21-14-12(6-5-9-3-1-2-4-10(9)18-14)22-15-19-11-7-16-8-17-13(11)20-15/h1-4,7-8,12H,5-6H2,(H,18,21)(H,16,17,19,20)/t12-/m1/s1. The molecule has 22 heavy (non-hydrogen) atoms. The molecule has 0 radical (unpaired) electrons. The van der Waals surface area contributed by atoms with Crippen molar-refractivity contribution in [3.63, 3.8) is 0 Å². The Morgan fingerprint density at radius 3 is 3.09 bits per heavy atom. The van der Waals surface area contributed by atoms with Gasteiger partial charge in [0.1, 0.15) is 11.8 Å². The molecule has 0 fully saturated rings. The minimum atomic E-state index is -0.180. The molecular weight excluding hydrogens is 298 g/mol. The Labute approximate surface area is 130 Å². The number of thioether (sulfide) groups is 1. The van der Waals surface area contributed by atoms with Gasteiger partial charge in [0.2, 0.25) is 5.91 Å². The number of carbonyl (C=O) groups is 1. The van der Waals surface area contributed by atoms with Gasteiger partial charge < -0.3 is 10.3 Å². The Balaban J connectivity index is 1.57. The molecule has 1 aliphatic rings. The fraction of sp³-hybridized carbons (Fsp3) is 0.200. The molecule has 1 aliphatic heterocycles. The van der Waals surface area contributed by atoms with Crippen molar-refractivity contribution in [2.24, 2.45) is 0 Å². The smallest absolute Gasteiger partial charge is 0.237 e. The van der Waals surface area contributed by atoms with Gasteiger partial charge in [0.05, 0.1) is 11.4 Å². The lowest BCUT2D eigenvalue weighted by Gasteiger charge is -2.10. The molecule has 0 unspecified atom stereocenters. The molecule has 0 saturated carbocycles. The number of benzene rings is 1. The lowest BCUT2D eigenvalue weighted by atomic mass is 10.1. The number of aryl methyl sites for hydroxylation is 1. The van der Waals surface area contributed by atoms with Crippen LogP contribution < -0.4 is 5.32 Å². The molecule has 1 aromatic carbocycles. The predicted octanol–water partition coefficient (Wildman–Crippen LogP) is 2.40. The number of carbonyl (C=O) groups excluding carboxylic acids is 1. The van der Waals surface area contributed by atoms with E-state index in [-0.39, 0.29) is 11.2 Å². The highest BCUT2D eigenvalue weighted by Crippen LogP contribution is 2.30. The van der Waals surface area contributed by atoms with E-state index < -0.39 is 0 Å². The number of para-hydroxylation sites is 1. The van der Waals surface area contributed by atoms with Crippen LogP contribution in [0.3, 0.4) is 0 Å². The second-order valence-electron chi connectivity index (χ2n) is 5.09. The highest BCUT2D eigenvalue weighted by atomic mass is 32.2. The fourth-order valence-electron chi connectivity index (χ4n) is 2.53. The van der Waals surface area contributed by atoms with Crippen molar-refractivity contribution >= 4 is 34.5 Å². The highest BCUT2D eigenvalue weighted by molar-refractivity contribution is 8.00. The molecule has 0 saturated heterocycles. The monoisotopic (exact) mass is 311 g/mol. The van der Waals surface area contributed by atoms with Crippen LogP contribution >= 0.6 is 11.8 Å². The highest BCUT2D eigenvalue weighted by Gasteiger charge is 2.25. The van der Waals surface area contributed by atoms with E-state index in [9.17, 15) is 4.79 Å². The first-order chi connectivity index (χ1) is 10.8. The van der Waals surface area contributed by atoms with Crippen LogP contribution in [0.5, 0.6) is 0 Å². The number of nitrogens with zero attached hydrogens (tertiary/aromatic N) is 3. The molecule has 3 aromatic rings. The van der Waals surface area contributed by atoms with Gasteiger partial charge in [-0.15, -0.1) is 0 Å². The molecule has 1 amide bonds. The number of anilines is 1. The fourth-order valence-corrected chi connectivity index (χ4v) is 3.51. The number of imidazole rings is 1. The van der Waals surface area contributed by atoms with E-state index in [2.05, 4.69) is 31.3 Å². The number of nitrogens with one attached hydrogen (secondary N) is 2. The molecule has 3 heterocycles. The number of hydrogen-bond donors (Lipinski definition) is 2. The Morgan fingerprint density at radius 2 is 2.18 bits per heavy atom. The summed E-state index contributed by atoms with van der Waals surface area (Å²) in [5, 5.41) is 3.51. The van der Waals surface area contributed by atoms with Crippen LogP contribution in [0.4, 0.5) is 5.69 Å². The maximum absolute atomic E-state index is 12.4. The first-order valence-electron chi connectivity index (χ1n) is 7.01. The Hall–Kier alpha value is -2.41. The number of H-pyrrole nitrogens is 1. The Kier molecular flexibility index (Phi) is 3.27. The first kappa shape index (κ1) is 13.3. The number of aromatic nitrogens is 4. The van der Waals surface area contributed by atoms with E-state index in [0.717, 1.165) is 24.0 Å². The first-order valence-corrected chi connectivity index (χ1v) is 7.89. The molecule has 110 valence electrons. The summed E-state index contributed by atoms with van der Waals surface area (Å²) in [6.07, 6.45) is 4.79. The van der Waals surface area contributed by atoms with E-state index in [4.69, 9.17) is 0 Å². The largest absolute Gasteiger partial charge is 0.330 e. The van der Waals surface area contributed by atoms with Crippen LogP contribution in [-0.4, -0.2) is 31.1 Å². The van der Waals surface area contributed by atoms with Gasteiger partial charge in [-0.1, -0.05) is 30.0 Å². The minimum absolute atomic E-state index is 0.0153. The summed E-state index contributed by atoms with van der Waals surface area (Å²) >= 11 is 1.44. The van der Waals surface area contributed by atoms with E-state index in [1.165, 1.54) is 23.7 Å². The average molecular weight is 311 g/mol. The van der Waals surface area contributed by atoms with Crippen molar-refractivity contribution < 1.29 is 4.79 Å². The summed E-state index contributed by atoms with van der Waals surface area (Å²) < 4.78 is 0. The lowest BCUT2D eigenvalue weighted by Crippen LogP contribution is -2.23. The number of fused-ring (bicyclic) bond motifs is 2. The predicted molar refractivity (Wildman–Crippen MR) is 84.7 cm³/mol. The summed E-state index contributed by atoms with van der Waals surface area (Å²) in [5.41, 5.74) is 3.48. The van der Waals surface area contributed by atoms with Crippen molar-refractivity contribution in [2.75, 3.05) is 5.32 Å². The molecule has 1 atom stereocenters. The topological polar surface area (TPSA) is 83.6 Å². The zero-order chi connectivity index (χ0) is 14.9. The van der Waals surface area contributed by atoms with Crippen LogP contribution in [0.15, 0.2) is 41.9 Å². The quantitative estimate of drug-likeness (QED) is 0.759. The maximum Gasteiger partial charge on any atom is 0.237 e. The Morgan fingerprint density at radius 1 is 1.27 bits per heavy atom. The number of amides is 1. The lowest BCUT2D eigenvalue weighted by molar-refractivity contribution is -0.115. The van der Waals surface area contributed by atoms with Crippen molar-refractivity contribution in [1.29, 1.82) is 0 Å². The maximum atomic E-state index is 12.4. The van der Waals surface area contributed by atoms with Crippen LogP contribution in [0.1, 0.15) is 12.0 Å². The van der Waals surface area contributed by atoms with Crippen LogP contribution in [0.25, 0.3) is 11.2 Å². The van der Waals surface area contributed by atoms with E-state index in [1.807, 2.05) is 18.2 Å². The Bertz CT molecular complexity index is 814. The molecule has 2 aromatic heterocycles. The van der Waals surface area contributed by atoms with Crippen LogP contribution in [-0.2, 0) is 11.2 Å². The third-order valence-corrected chi connectivity index (χ3v) is 4.79. The van der Waals surface area contributed by atoms with Crippen molar-refractivity contribution in [1.82, 2.24) is 19.9 Å². The van der Waals surface area contributed by atoms with E-state index in [1.54, 1.807) is 6.20 Å². The molecule has 0 spiro atoms. The summed E-state index contributed by atoms with van der Waals surface area (Å²) in [5.74, 6) is 0.0153. The molecule has 4 rings (SSSR count). The van der Waals surface area contributed by atoms with Gasteiger partial charge in [-0.2, -0.15) is 0 Å². The summed E-state index contributed by atoms with van der Waals surface area (Å²) in [7, 11) is 0. The van der Waals surface area contributed by atoms with E-state index >= 15 is 0 Å². The zero-order valence-corrected chi connectivity index (χ0v) is 12.4. The third-order valence-electron chi connectivity index (χ3n) is 3.64. The van der Waals surface area contributed by atoms with Gasteiger partial charge in [-0.3, -0.25) is 4.79 Å². The van der Waals surface area contributed by atoms with Gasteiger partial charge in [-0.25, -0.2) is 15.0 Å². The number of rotatable bonds is 2. The molecule has 6 nitrogen and oxygen atoms in total. The van der Waals surface area contributed by atoms with Gasteiger partial charge >= 0.3 is 0 Å². The third kappa shape index (κ3) is 2.43. The van der Waals surface area contributed by atoms with Crippen molar-refractivity contribution in [3.8, 4) is 0 Å². The average Bonchev–Trinajstić information content (AvgIpc) is 2.87. The van der Waals surface area contributed by atoms with Crippen molar-refractivity contribution in [2.45, 2.75) is 23.2 Å². The van der Waals surface area contributed by atoms with Crippen molar-refractivity contribution in [3.05, 3.63) is 42.4 Å². The minimum Gasteiger partial charge on any atom is -0.330 e. The van der Waals surface area contributed by atoms with Crippen LogP contribution in [0.2, 0.25) is 0 Å². The van der Waals surface area contributed by atoms with Crippen LogP contribution in [0, 0.1) is 0 Å². The zero-order valence-electron chi connectivity index (χ0n) is 11.6. The molecular formula is C15H13N5OS. The van der Waals surface area contributed by atoms with Gasteiger partial charge in [0.25, 0.3) is 0 Å². The van der Waals surface area contributed by atoms with Gasteiger partial charge in [0.15, 0.2) is 10.8 Å². The molecule has 0 aliphatic carbocycles. The van der Waals surface area contributed by atoms with Gasteiger partial charge in [0, 0.05) is 5.69 Å². The van der Waals surface area contributed by atoms with E-state index in [0.29, 0.717) is 10.8 Å². The normalized spacial score (nSPS) is 17.8. The number of hydrogen-bond acceptors (Lipinski definition) is 5. The summed E-state index contributed by atoms with van der Waals surface area (Å²) in [6, 6.07) is 7.93. The molecule has 7 heteroatoms. The molecule has 2 N–H and O–H groups in total. The van der Waals surface area contributed by atoms with Gasteiger partial charge in [-0.05, 0) is 24.5 Å². The SMILES string of the molecule is O=C1Nc2ccccc2CC[C@H]1Sc1nc2ncncc2[nH]1.